The molecule has 5 aliphatic rings. The molecule has 4 aromatic carbocycles. The molecule has 60 heavy (non-hydrogen) atoms. The van der Waals surface area contributed by atoms with E-state index in [1.807, 2.05) is 85.8 Å². The molecule has 2 aliphatic carbocycles. The first-order valence-corrected chi connectivity index (χ1v) is 20.3. The molecule has 13 heteroatoms. The monoisotopic (exact) mass is 824 g/mol. The highest BCUT2D eigenvalue weighted by molar-refractivity contribution is 8.02. The molecule has 2 N–H and O–H groups in total. The first kappa shape index (κ1) is 38.9. The predicted molar refractivity (Wildman–Crippen MR) is 225 cm³/mol. The molecule has 304 valence electrons. The van der Waals surface area contributed by atoms with Gasteiger partial charge >= 0.3 is 5.97 Å². The maximum absolute atomic E-state index is 13.7. The molecule has 2 atom stereocenters. The molecule has 9 rings (SSSR count). The lowest BCUT2D eigenvalue weighted by Crippen LogP contribution is -2.81. The molecule has 3 aliphatic heterocycles. The molecule has 0 radical (unpaired) electrons. The molecule has 1 spiro atoms. The van der Waals surface area contributed by atoms with Gasteiger partial charge in [0.25, 0.3) is 11.6 Å². The van der Waals surface area contributed by atoms with Gasteiger partial charge in [0.1, 0.15) is 52.9 Å². The predicted octanol–water partition coefficient (Wildman–Crippen LogP) is 7.33. The summed E-state index contributed by atoms with van der Waals surface area (Å²) >= 11 is 1.43. The number of carboxylic acids is 1. The average Bonchev–Trinajstić information content (AvgIpc) is 4.03. The van der Waals surface area contributed by atoms with E-state index in [2.05, 4.69) is 5.32 Å². The number of hydrogen-bond acceptors (Lipinski definition) is 10. The van der Waals surface area contributed by atoms with Gasteiger partial charge in [-0.1, -0.05) is 48.5 Å². The smallest absolute Gasteiger partial charge is 0.352 e. The molecule has 2 amide bonds. The summed E-state index contributed by atoms with van der Waals surface area (Å²) in [6.45, 7) is 2.22. The van der Waals surface area contributed by atoms with Crippen molar-refractivity contribution >= 4 is 40.5 Å². The molecule has 1 saturated heterocycles. The number of aryl methyl sites for hydroxylation is 1. The highest BCUT2D eigenvalue weighted by atomic mass is 32.2. The fourth-order valence-electron chi connectivity index (χ4n) is 8.14. The quantitative estimate of drug-likeness (QED) is 0.0684. The van der Waals surface area contributed by atoms with E-state index in [-0.39, 0.29) is 30.8 Å². The van der Waals surface area contributed by atoms with E-state index in [4.69, 9.17) is 23.4 Å². The molecule has 1 saturated carbocycles. The number of carbonyl (C=O) groups excluding carboxylic acids is 2. The molecule has 0 bridgehead atoms. The number of fused-ring (bicyclic) bond motifs is 3. The van der Waals surface area contributed by atoms with Crippen LogP contribution in [-0.2, 0) is 32.1 Å². The number of benzene rings is 5. The van der Waals surface area contributed by atoms with Gasteiger partial charge in [-0.2, -0.15) is 0 Å². The number of nitrogens with one attached hydrogen (secondary N) is 1. The normalized spacial score (nSPS) is 18.9. The zero-order valence-corrected chi connectivity index (χ0v) is 33.8. The molecule has 2 fully saturated rings. The van der Waals surface area contributed by atoms with Gasteiger partial charge in [-0.05, 0) is 90.6 Å². The van der Waals surface area contributed by atoms with Gasteiger partial charge in [-0.25, -0.2) is 4.79 Å². The molecule has 3 heterocycles. The summed E-state index contributed by atoms with van der Waals surface area (Å²) in [5.41, 5.74) is 4.52. The number of aliphatic carboxylic acids is 1. The Kier molecular flexibility index (Phi) is 9.88. The fraction of sp³-hybridized carbons (Fsp3) is 0.234. The van der Waals surface area contributed by atoms with Crippen LogP contribution in [0.4, 0.5) is 0 Å². The van der Waals surface area contributed by atoms with Crippen molar-refractivity contribution in [1.29, 1.82) is 0 Å². The molecular formula is C47H40N2O10S. The lowest BCUT2D eigenvalue weighted by atomic mass is 9.91. The van der Waals surface area contributed by atoms with Crippen LogP contribution < -0.4 is 25.0 Å². The van der Waals surface area contributed by atoms with Crippen molar-refractivity contribution in [3.8, 4) is 39.7 Å². The van der Waals surface area contributed by atoms with Crippen molar-refractivity contribution in [2.24, 2.45) is 0 Å². The lowest BCUT2D eigenvalue weighted by molar-refractivity contribution is -0.192. The SMILES string of the molecule is COc1ccc(-c2c3ccc(=O)cc-3oc3cc(OCc4ccc(OCC5=C(C(=O)O)N6C(=O)C(NC(=O)Cc7ccccc7)(OC)C6SC56CC6)cc4)ccc23)c(C)c1. The third kappa shape index (κ3) is 6.83. The summed E-state index contributed by atoms with van der Waals surface area (Å²) in [4.78, 5) is 53.2. The second-order valence-electron chi connectivity index (χ2n) is 15.1. The van der Waals surface area contributed by atoms with Gasteiger partial charge in [0.15, 0.2) is 5.43 Å². The number of amides is 2. The van der Waals surface area contributed by atoms with Crippen molar-refractivity contribution < 1.29 is 42.9 Å². The summed E-state index contributed by atoms with van der Waals surface area (Å²) in [6.07, 6.45) is 1.43. The van der Waals surface area contributed by atoms with E-state index < -0.39 is 33.6 Å². The van der Waals surface area contributed by atoms with Crippen LogP contribution in [0.2, 0.25) is 0 Å². The Hall–Kier alpha value is -6.57. The van der Waals surface area contributed by atoms with Crippen molar-refractivity contribution in [2.45, 2.75) is 48.6 Å². The van der Waals surface area contributed by atoms with Gasteiger partial charge in [-0.3, -0.25) is 19.3 Å². The van der Waals surface area contributed by atoms with Gasteiger partial charge < -0.3 is 33.8 Å². The average molecular weight is 825 g/mol. The largest absolute Gasteiger partial charge is 0.497 e. The van der Waals surface area contributed by atoms with Crippen LogP contribution in [0.3, 0.4) is 0 Å². The van der Waals surface area contributed by atoms with Gasteiger partial charge in [-0.15, -0.1) is 11.8 Å². The van der Waals surface area contributed by atoms with E-state index in [9.17, 15) is 24.3 Å². The number of nitrogens with zero attached hydrogens (tertiary/aromatic N) is 1. The third-order valence-electron chi connectivity index (χ3n) is 11.4. The standard InChI is InChI=1S/C47H40N2O10S/c1-27-21-32(55-2)14-17-34(27)41-35-16-11-30(50)23-38(35)59-39-24-33(15-18-36(39)41)57-25-29-9-12-31(13-10-29)58-26-37-42(43(52)53)49-44(54)47(56-3,45(49)60-46(37)19-20-46)48-40(51)22-28-7-5-4-6-8-28/h4-18,21,23-24,45H,19-20,22,25-26H2,1-3H3,(H,48,51)(H,52,53). The zero-order chi connectivity index (χ0) is 41.8. The molecule has 0 aromatic heterocycles. The highest BCUT2D eigenvalue weighted by Crippen LogP contribution is 2.64. The van der Waals surface area contributed by atoms with Crippen LogP contribution in [0.1, 0.15) is 29.5 Å². The Morgan fingerprint density at radius 2 is 1.55 bits per heavy atom. The number of ether oxygens (including phenoxy) is 4. The van der Waals surface area contributed by atoms with Crippen LogP contribution in [0, 0.1) is 6.92 Å². The number of hydrogen-bond donors (Lipinski definition) is 2. The van der Waals surface area contributed by atoms with E-state index in [0.29, 0.717) is 41.3 Å². The van der Waals surface area contributed by atoms with Crippen LogP contribution in [0.5, 0.6) is 17.2 Å². The minimum atomic E-state index is -1.69. The summed E-state index contributed by atoms with van der Waals surface area (Å²) in [6, 6.07) is 32.8. The molecule has 2 unspecified atom stereocenters. The summed E-state index contributed by atoms with van der Waals surface area (Å²) < 4.78 is 29.2. The molecular weight excluding hydrogens is 785 g/mol. The van der Waals surface area contributed by atoms with Crippen LogP contribution in [0.15, 0.2) is 130 Å². The number of rotatable bonds is 13. The van der Waals surface area contributed by atoms with E-state index in [1.54, 1.807) is 25.3 Å². The number of carboxylic acid groups (broad SMARTS) is 1. The second-order valence-corrected chi connectivity index (χ2v) is 16.6. The van der Waals surface area contributed by atoms with Crippen molar-refractivity contribution in [3.05, 3.63) is 147 Å². The Labute approximate surface area is 349 Å². The Balaban J connectivity index is 0.898. The lowest BCUT2D eigenvalue weighted by Gasteiger charge is -2.57. The summed E-state index contributed by atoms with van der Waals surface area (Å²) in [7, 11) is 2.98. The van der Waals surface area contributed by atoms with Gasteiger partial charge in [0, 0.05) is 46.1 Å². The van der Waals surface area contributed by atoms with E-state index in [1.165, 1.54) is 35.9 Å². The number of β-lactam (4-membered cyclic amide) rings is 1. The summed E-state index contributed by atoms with van der Waals surface area (Å²) in [5.74, 6) is 0.0278. The first-order valence-electron chi connectivity index (χ1n) is 19.4. The highest BCUT2D eigenvalue weighted by Gasteiger charge is 2.71. The minimum Gasteiger partial charge on any atom is -0.497 e. The second kappa shape index (κ2) is 15.2. The zero-order valence-electron chi connectivity index (χ0n) is 33.0. The number of carbonyl (C=O) groups is 3. The van der Waals surface area contributed by atoms with Crippen molar-refractivity contribution in [3.63, 3.8) is 0 Å². The van der Waals surface area contributed by atoms with Crippen molar-refractivity contribution in [2.75, 3.05) is 20.8 Å². The van der Waals surface area contributed by atoms with Crippen LogP contribution in [-0.4, -0.2) is 64.5 Å². The third-order valence-corrected chi connectivity index (χ3v) is 13.2. The van der Waals surface area contributed by atoms with Crippen LogP contribution >= 0.6 is 11.8 Å². The van der Waals surface area contributed by atoms with Gasteiger partial charge in [0.05, 0.1) is 13.5 Å². The minimum absolute atomic E-state index is 0.0392. The maximum Gasteiger partial charge on any atom is 0.352 e. The topological polar surface area (TPSA) is 154 Å². The Bertz CT molecular complexity index is 2740. The molecule has 12 nitrogen and oxygen atoms in total. The Morgan fingerprint density at radius 1 is 0.833 bits per heavy atom. The van der Waals surface area contributed by atoms with E-state index in [0.717, 1.165) is 44.5 Å². The number of methoxy groups -OCH3 is 2. The van der Waals surface area contributed by atoms with E-state index >= 15 is 0 Å². The Morgan fingerprint density at radius 3 is 2.25 bits per heavy atom. The maximum atomic E-state index is 13.7. The van der Waals surface area contributed by atoms with Crippen molar-refractivity contribution in [1.82, 2.24) is 10.2 Å². The van der Waals surface area contributed by atoms with Crippen LogP contribution in [0.25, 0.3) is 33.4 Å². The summed E-state index contributed by atoms with van der Waals surface area (Å²) in [5, 5.41) is 13.3. The fourth-order valence-corrected chi connectivity index (χ4v) is 9.93. The molecule has 4 aromatic rings. The number of thioether (sulfide) groups is 1. The van der Waals surface area contributed by atoms with Gasteiger partial charge in [0.2, 0.25) is 5.91 Å². The first-order chi connectivity index (χ1) is 29.0.